The van der Waals surface area contributed by atoms with Gasteiger partial charge in [-0.3, -0.25) is 14.2 Å². The van der Waals surface area contributed by atoms with Gasteiger partial charge in [0, 0.05) is 11.3 Å². The molecule has 170 valence electrons. The Morgan fingerprint density at radius 1 is 1.24 bits per heavy atom. The molecule has 5 rings (SSSR count). The van der Waals surface area contributed by atoms with Gasteiger partial charge in [-0.2, -0.15) is 4.98 Å². The van der Waals surface area contributed by atoms with Gasteiger partial charge in [-0.25, -0.2) is 9.37 Å². The number of anilines is 1. The van der Waals surface area contributed by atoms with Crippen molar-refractivity contribution in [3.63, 3.8) is 0 Å². The van der Waals surface area contributed by atoms with E-state index in [9.17, 15) is 14.0 Å². The molecule has 0 unspecified atom stereocenters. The fraction of sp³-hybridized carbons (Fsp3) is 0.0870. The minimum atomic E-state index is -0.483. The lowest BCUT2D eigenvalue weighted by Crippen LogP contribution is -2.27. The number of aryl methyl sites for hydroxylation is 1. The van der Waals surface area contributed by atoms with Crippen LogP contribution in [0.4, 0.5) is 10.1 Å². The van der Waals surface area contributed by atoms with Crippen LogP contribution in [-0.4, -0.2) is 25.6 Å². The number of carbonyl (C=O) groups is 1. The Hall–Kier alpha value is -3.89. The number of hydrogen-bond donors (Lipinski definition) is 1. The molecule has 0 spiro atoms. The van der Waals surface area contributed by atoms with Crippen LogP contribution in [0.2, 0.25) is 5.02 Å². The first-order valence-corrected chi connectivity index (χ1v) is 11.2. The third-order valence-corrected chi connectivity index (χ3v) is 6.59. The first-order valence-electron chi connectivity index (χ1n) is 10.0. The van der Waals surface area contributed by atoms with Gasteiger partial charge in [-0.15, -0.1) is 11.3 Å². The average molecular weight is 496 g/mol. The Labute approximate surface area is 200 Å². The fourth-order valence-corrected chi connectivity index (χ4v) is 4.75. The standard InChI is InChI=1S/C23H15ClFN5O3S/c1-12-18-22(34-19(12)21-28-20(29-33-21)15-7-2-3-8-16(15)24)26-11-30(23(18)32)10-17(31)27-14-6-4-5-13(25)9-14/h2-9,11H,10H2,1H3,(H,27,31). The number of nitrogens with one attached hydrogen (secondary N) is 1. The monoisotopic (exact) mass is 495 g/mol. The maximum Gasteiger partial charge on any atom is 0.268 e. The van der Waals surface area contributed by atoms with Crippen LogP contribution in [-0.2, 0) is 11.3 Å². The number of thiophene rings is 1. The molecule has 0 radical (unpaired) electrons. The van der Waals surface area contributed by atoms with Crippen LogP contribution in [0, 0.1) is 12.7 Å². The lowest BCUT2D eigenvalue weighted by atomic mass is 10.2. The Balaban J connectivity index is 1.45. The lowest BCUT2D eigenvalue weighted by Gasteiger charge is -2.07. The zero-order valence-electron chi connectivity index (χ0n) is 17.6. The van der Waals surface area contributed by atoms with E-state index >= 15 is 0 Å². The number of nitrogens with zero attached hydrogens (tertiary/aromatic N) is 4. The molecule has 34 heavy (non-hydrogen) atoms. The SMILES string of the molecule is Cc1c(-c2nc(-c3ccccc3Cl)no2)sc2ncn(CC(=O)Nc3cccc(F)c3)c(=O)c12. The van der Waals surface area contributed by atoms with Crippen LogP contribution in [0.15, 0.2) is 64.2 Å². The van der Waals surface area contributed by atoms with Crippen molar-refractivity contribution in [3.05, 3.63) is 81.6 Å². The van der Waals surface area contributed by atoms with Crippen molar-refractivity contribution in [1.29, 1.82) is 0 Å². The van der Waals surface area contributed by atoms with Crippen molar-refractivity contribution in [3.8, 4) is 22.2 Å². The summed E-state index contributed by atoms with van der Waals surface area (Å²) in [4.78, 5) is 35.4. The van der Waals surface area contributed by atoms with Crippen LogP contribution in [0.25, 0.3) is 32.4 Å². The highest BCUT2D eigenvalue weighted by atomic mass is 35.5. The van der Waals surface area contributed by atoms with Gasteiger partial charge in [-0.05, 0) is 42.8 Å². The second-order valence-corrected chi connectivity index (χ2v) is 8.78. The van der Waals surface area contributed by atoms with E-state index in [1.165, 1.54) is 40.4 Å². The molecule has 1 N–H and O–H groups in total. The number of aromatic nitrogens is 4. The summed E-state index contributed by atoms with van der Waals surface area (Å²) in [5.74, 6) is -0.386. The summed E-state index contributed by atoms with van der Waals surface area (Å²) >= 11 is 7.46. The summed E-state index contributed by atoms with van der Waals surface area (Å²) in [5, 5.41) is 7.43. The molecule has 2 aromatic carbocycles. The maximum atomic E-state index is 13.3. The summed E-state index contributed by atoms with van der Waals surface area (Å²) in [6.45, 7) is 1.48. The lowest BCUT2D eigenvalue weighted by molar-refractivity contribution is -0.116. The van der Waals surface area contributed by atoms with Gasteiger partial charge in [0.05, 0.1) is 21.6 Å². The number of rotatable bonds is 5. The summed E-state index contributed by atoms with van der Waals surface area (Å²) in [7, 11) is 0. The predicted molar refractivity (Wildman–Crippen MR) is 127 cm³/mol. The normalized spacial score (nSPS) is 11.1. The average Bonchev–Trinajstić information content (AvgIpc) is 3.41. The topological polar surface area (TPSA) is 103 Å². The third-order valence-electron chi connectivity index (χ3n) is 5.07. The van der Waals surface area contributed by atoms with Crippen molar-refractivity contribution in [1.82, 2.24) is 19.7 Å². The Morgan fingerprint density at radius 2 is 2.06 bits per heavy atom. The van der Waals surface area contributed by atoms with E-state index < -0.39 is 11.7 Å². The molecule has 0 aliphatic rings. The zero-order valence-corrected chi connectivity index (χ0v) is 19.2. The molecule has 0 saturated heterocycles. The summed E-state index contributed by atoms with van der Waals surface area (Å²) in [6.07, 6.45) is 1.30. The number of benzene rings is 2. The molecular formula is C23H15ClFN5O3S. The molecule has 11 heteroatoms. The van der Waals surface area contributed by atoms with Crippen molar-refractivity contribution >= 4 is 44.7 Å². The van der Waals surface area contributed by atoms with E-state index in [2.05, 4.69) is 20.4 Å². The van der Waals surface area contributed by atoms with Crippen LogP contribution in [0.5, 0.6) is 0 Å². The van der Waals surface area contributed by atoms with Crippen molar-refractivity contribution < 1.29 is 13.7 Å². The first-order chi connectivity index (χ1) is 16.4. The van der Waals surface area contributed by atoms with E-state index in [1.807, 2.05) is 6.07 Å². The molecule has 0 aliphatic heterocycles. The van der Waals surface area contributed by atoms with Gasteiger partial charge in [0.15, 0.2) is 0 Å². The predicted octanol–water partition coefficient (Wildman–Crippen LogP) is 4.91. The molecule has 5 aromatic rings. The largest absolute Gasteiger partial charge is 0.333 e. The molecule has 0 aliphatic carbocycles. The highest BCUT2D eigenvalue weighted by Gasteiger charge is 2.21. The quantitative estimate of drug-likeness (QED) is 0.371. The van der Waals surface area contributed by atoms with Gasteiger partial charge in [-0.1, -0.05) is 35.0 Å². The Bertz CT molecular complexity index is 1610. The summed E-state index contributed by atoms with van der Waals surface area (Å²) in [6, 6.07) is 12.6. The van der Waals surface area contributed by atoms with Gasteiger partial charge in [0.2, 0.25) is 11.7 Å². The van der Waals surface area contributed by atoms with E-state index in [0.29, 0.717) is 42.8 Å². The van der Waals surface area contributed by atoms with Gasteiger partial charge < -0.3 is 9.84 Å². The minimum Gasteiger partial charge on any atom is -0.333 e. The Kier molecular flexibility index (Phi) is 5.68. The summed E-state index contributed by atoms with van der Waals surface area (Å²) in [5.41, 5.74) is 1.16. The second-order valence-electron chi connectivity index (χ2n) is 7.38. The maximum absolute atomic E-state index is 13.3. The molecular weight excluding hydrogens is 481 g/mol. The number of hydrogen-bond acceptors (Lipinski definition) is 7. The van der Waals surface area contributed by atoms with Crippen molar-refractivity contribution in [2.75, 3.05) is 5.32 Å². The van der Waals surface area contributed by atoms with Crippen LogP contribution < -0.4 is 10.9 Å². The number of halogens is 2. The van der Waals surface area contributed by atoms with Crippen LogP contribution in [0.3, 0.4) is 0 Å². The van der Waals surface area contributed by atoms with Crippen LogP contribution >= 0.6 is 22.9 Å². The number of fused-ring (bicyclic) bond motifs is 1. The van der Waals surface area contributed by atoms with Gasteiger partial charge in [0.1, 0.15) is 17.2 Å². The van der Waals surface area contributed by atoms with E-state index in [-0.39, 0.29) is 18.0 Å². The van der Waals surface area contributed by atoms with Gasteiger partial charge >= 0.3 is 0 Å². The number of carbonyl (C=O) groups excluding carboxylic acids is 1. The van der Waals surface area contributed by atoms with Gasteiger partial charge in [0.25, 0.3) is 11.4 Å². The van der Waals surface area contributed by atoms with E-state index in [4.69, 9.17) is 16.1 Å². The van der Waals surface area contributed by atoms with E-state index in [0.717, 1.165) is 0 Å². The highest BCUT2D eigenvalue weighted by Crippen LogP contribution is 2.36. The minimum absolute atomic E-state index is 0.241. The Morgan fingerprint density at radius 3 is 2.85 bits per heavy atom. The van der Waals surface area contributed by atoms with E-state index in [1.54, 1.807) is 31.2 Å². The highest BCUT2D eigenvalue weighted by molar-refractivity contribution is 7.22. The molecule has 3 aromatic heterocycles. The molecule has 0 saturated carbocycles. The van der Waals surface area contributed by atoms with Crippen molar-refractivity contribution in [2.24, 2.45) is 0 Å². The second kappa shape index (κ2) is 8.81. The molecule has 1 amide bonds. The van der Waals surface area contributed by atoms with Crippen LogP contribution in [0.1, 0.15) is 5.56 Å². The molecule has 8 nitrogen and oxygen atoms in total. The first kappa shape index (κ1) is 21.9. The molecule has 0 bridgehead atoms. The molecule has 0 fully saturated rings. The number of amides is 1. The molecule has 0 atom stereocenters. The zero-order chi connectivity index (χ0) is 23.8. The molecule has 3 heterocycles. The smallest absolute Gasteiger partial charge is 0.268 e. The fourth-order valence-electron chi connectivity index (χ4n) is 3.46. The third kappa shape index (κ3) is 4.09. The van der Waals surface area contributed by atoms with Crippen molar-refractivity contribution in [2.45, 2.75) is 13.5 Å². The summed E-state index contributed by atoms with van der Waals surface area (Å²) < 4.78 is 20.0.